The van der Waals surface area contributed by atoms with Gasteiger partial charge < -0.3 is 5.11 Å². The van der Waals surface area contributed by atoms with Crippen LogP contribution in [0.5, 0.6) is 0 Å². The Bertz CT molecular complexity index is 264. The van der Waals surface area contributed by atoms with Crippen LogP contribution in [0, 0.1) is 17.3 Å². The second-order valence-electron chi connectivity index (χ2n) is 7.08. The lowest BCUT2D eigenvalue weighted by Crippen LogP contribution is -2.49. The summed E-state index contributed by atoms with van der Waals surface area (Å²) >= 11 is 1.96. The van der Waals surface area contributed by atoms with Gasteiger partial charge in [-0.2, -0.15) is 11.8 Å². The Kier molecular flexibility index (Phi) is 4.14. The highest BCUT2D eigenvalue weighted by Gasteiger charge is 2.45. The molecule has 100 valence electrons. The largest absolute Gasteiger partial charge is 0.389 e. The van der Waals surface area contributed by atoms with Crippen molar-refractivity contribution in [2.45, 2.75) is 64.9 Å². The minimum atomic E-state index is -0.375. The molecule has 0 aromatic rings. The summed E-state index contributed by atoms with van der Waals surface area (Å²) in [6.07, 6.45) is 7.54. The van der Waals surface area contributed by atoms with E-state index in [1.54, 1.807) is 0 Å². The Morgan fingerprint density at radius 1 is 1.24 bits per heavy atom. The molecule has 1 saturated heterocycles. The van der Waals surface area contributed by atoms with Crippen molar-refractivity contribution in [3.8, 4) is 0 Å². The average Bonchev–Trinajstić information content (AvgIpc) is 2.27. The molecule has 1 nitrogen and oxygen atoms in total. The summed E-state index contributed by atoms with van der Waals surface area (Å²) in [7, 11) is 0. The quantitative estimate of drug-likeness (QED) is 0.803. The second kappa shape index (κ2) is 5.13. The Balaban J connectivity index is 2.04. The van der Waals surface area contributed by atoms with Crippen molar-refractivity contribution in [1.29, 1.82) is 0 Å². The van der Waals surface area contributed by atoms with Crippen molar-refractivity contribution in [2.75, 3.05) is 11.5 Å². The van der Waals surface area contributed by atoms with Crippen molar-refractivity contribution in [3.63, 3.8) is 0 Å². The van der Waals surface area contributed by atoms with Crippen LogP contribution in [0.1, 0.15) is 59.3 Å². The van der Waals surface area contributed by atoms with Crippen LogP contribution in [0.15, 0.2) is 0 Å². The van der Waals surface area contributed by atoms with E-state index in [0.717, 1.165) is 18.1 Å². The first kappa shape index (κ1) is 13.7. The van der Waals surface area contributed by atoms with Gasteiger partial charge in [-0.1, -0.05) is 40.0 Å². The molecule has 1 heterocycles. The van der Waals surface area contributed by atoms with E-state index < -0.39 is 0 Å². The van der Waals surface area contributed by atoms with Gasteiger partial charge in [0.2, 0.25) is 0 Å². The topological polar surface area (TPSA) is 20.2 Å². The monoisotopic (exact) mass is 256 g/mol. The van der Waals surface area contributed by atoms with Crippen molar-refractivity contribution in [2.24, 2.45) is 17.3 Å². The van der Waals surface area contributed by atoms with Crippen LogP contribution in [-0.4, -0.2) is 22.2 Å². The van der Waals surface area contributed by atoms with E-state index in [0.29, 0.717) is 11.3 Å². The lowest BCUT2D eigenvalue weighted by molar-refractivity contribution is -0.0529. The molecule has 0 aromatic carbocycles. The van der Waals surface area contributed by atoms with E-state index in [1.165, 1.54) is 37.9 Å². The minimum absolute atomic E-state index is 0.316. The first-order valence-electron chi connectivity index (χ1n) is 7.25. The summed E-state index contributed by atoms with van der Waals surface area (Å²) in [4.78, 5) is 0. The first-order chi connectivity index (χ1) is 7.95. The molecule has 17 heavy (non-hydrogen) atoms. The van der Waals surface area contributed by atoms with Crippen LogP contribution in [0.2, 0.25) is 0 Å². The van der Waals surface area contributed by atoms with Gasteiger partial charge >= 0.3 is 0 Å². The van der Waals surface area contributed by atoms with Crippen LogP contribution < -0.4 is 0 Å². The summed E-state index contributed by atoms with van der Waals surface area (Å²) in [5, 5.41) is 11.0. The number of hydrogen-bond donors (Lipinski definition) is 1. The Morgan fingerprint density at radius 3 is 2.65 bits per heavy atom. The van der Waals surface area contributed by atoms with Crippen molar-refractivity contribution >= 4 is 11.8 Å². The highest BCUT2D eigenvalue weighted by Crippen LogP contribution is 2.47. The molecule has 0 aromatic heterocycles. The fraction of sp³-hybridized carbons (Fsp3) is 1.00. The Hall–Kier alpha value is 0.310. The van der Waals surface area contributed by atoms with E-state index >= 15 is 0 Å². The summed E-state index contributed by atoms with van der Waals surface area (Å²) in [6, 6.07) is 0. The molecule has 0 radical (unpaired) electrons. The van der Waals surface area contributed by atoms with Crippen molar-refractivity contribution in [1.82, 2.24) is 0 Å². The fourth-order valence-electron chi connectivity index (χ4n) is 3.85. The highest BCUT2D eigenvalue weighted by atomic mass is 32.2. The van der Waals surface area contributed by atoms with E-state index in [9.17, 15) is 5.11 Å². The average molecular weight is 256 g/mol. The fourth-order valence-corrected chi connectivity index (χ4v) is 5.29. The van der Waals surface area contributed by atoms with Crippen LogP contribution >= 0.6 is 11.8 Å². The molecule has 2 aliphatic rings. The summed E-state index contributed by atoms with van der Waals surface area (Å²) in [5.74, 6) is 3.61. The van der Waals surface area contributed by atoms with Gasteiger partial charge in [0.05, 0.1) is 5.60 Å². The van der Waals surface area contributed by atoms with Gasteiger partial charge in [0.1, 0.15) is 0 Å². The first-order valence-corrected chi connectivity index (χ1v) is 8.41. The molecule has 3 unspecified atom stereocenters. The number of rotatable bonds is 2. The van der Waals surface area contributed by atoms with E-state index in [4.69, 9.17) is 0 Å². The molecule has 1 aliphatic carbocycles. The van der Waals surface area contributed by atoms with Crippen LogP contribution in [-0.2, 0) is 0 Å². The summed E-state index contributed by atoms with van der Waals surface area (Å²) < 4.78 is 0. The molecular weight excluding hydrogens is 228 g/mol. The number of hydrogen-bond acceptors (Lipinski definition) is 2. The third-order valence-electron chi connectivity index (χ3n) is 4.75. The van der Waals surface area contributed by atoms with Gasteiger partial charge in [0.25, 0.3) is 0 Å². The smallest absolute Gasteiger partial charge is 0.0771 e. The van der Waals surface area contributed by atoms with Crippen LogP contribution in [0.25, 0.3) is 0 Å². The summed E-state index contributed by atoms with van der Waals surface area (Å²) in [6.45, 7) is 6.92. The normalized spacial score (nSPS) is 42.4. The zero-order chi connectivity index (χ0) is 12.5. The zero-order valence-electron chi connectivity index (χ0n) is 11.7. The van der Waals surface area contributed by atoms with Crippen molar-refractivity contribution < 1.29 is 5.11 Å². The van der Waals surface area contributed by atoms with Gasteiger partial charge in [-0.15, -0.1) is 0 Å². The number of aliphatic hydroxyl groups is 1. The maximum absolute atomic E-state index is 11.0. The number of thioether (sulfide) groups is 1. The second-order valence-corrected chi connectivity index (χ2v) is 8.06. The lowest BCUT2D eigenvalue weighted by atomic mass is 9.68. The SMILES string of the molecule is CCC1CCCC(C2(O)CSCC(C)(C)C2)C1. The maximum Gasteiger partial charge on any atom is 0.0771 e. The van der Waals surface area contributed by atoms with Crippen molar-refractivity contribution in [3.05, 3.63) is 0 Å². The molecule has 2 fully saturated rings. The van der Waals surface area contributed by atoms with Crippen LogP contribution in [0.3, 0.4) is 0 Å². The maximum atomic E-state index is 11.0. The molecule has 1 aliphatic heterocycles. The molecule has 1 saturated carbocycles. The van der Waals surface area contributed by atoms with Gasteiger partial charge in [-0.05, 0) is 42.3 Å². The predicted molar refractivity (Wildman–Crippen MR) is 76.4 cm³/mol. The minimum Gasteiger partial charge on any atom is -0.389 e. The Labute approximate surface area is 111 Å². The highest BCUT2D eigenvalue weighted by molar-refractivity contribution is 7.99. The molecule has 3 atom stereocenters. The molecule has 0 amide bonds. The third-order valence-corrected chi connectivity index (χ3v) is 6.44. The summed E-state index contributed by atoms with van der Waals surface area (Å²) in [5.41, 5.74) is -0.0585. The Morgan fingerprint density at radius 2 is 2.00 bits per heavy atom. The molecule has 1 N–H and O–H groups in total. The molecule has 2 rings (SSSR count). The van der Waals surface area contributed by atoms with E-state index in [2.05, 4.69) is 20.8 Å². The van der Waals surface area contributed by atoms with Gasteiger partial charge in [0, 0.05) is 5.75 Å². The molecular formula is C15H28OS. The molecule has 0 bridgehead atoms. The standard InChI is InChI=1S/C15H28OS/c1-4-12-6-5-7-13(8-12)15(16)9-14(2,3)10-17-11-15/h12-13,16H,4-11H2,1-3H3. The third kappa shape index (κ3) is 3.20. The predicted octanol–water partition coefficient (Wildman–Crippen LogP) is 4.10. The van der Waals surface area contributed by atoms with Crippen LogP contribution in [0.4, 0.5) is 0 Å². The zero-order valence-corrected chi connectivity index (χ0v) is 12.5. The van der Waals surface area contributed by atoms with Gasteiger partial charge in [-0.25, -0.2) is 0 Å². The lowest BCUT2D eigenvalue weighted by Gasteiger charge is -2.47. The van der Waals surface area contributed by atoms with E-state index in [1.807, 2.05) is 11.8 Å². The molecule has 0 spiro atoms. The van der Waals surface area contributed by atoms with E-state index in [-0.39, 0.29) is 5.60 Å². The van der Waals surface area contributed by atoms with Gasteiger partial charge in [-0.3, -0.25) is 0 Å². The van der Waals surface area contributed by atoms with Gasteiger partial charge in [0.15, 0.2) is 0 Å². The molecule has 2 heteroatoms.